The zero-order chi connectivity index (χ0) is 15.5. The van der Waals surface area contributed by atoms with Crippen LogP contribution in [0.1, 0.15) is 33.6 Å². The number of amides is 2. The smallest absolute Gasteiger partial charge is 0.329 e. The highest BCUT2D eigenvalue weighted by Crippen LogP contribution is 2.19. The Morgan fingerprint density at radius 1 is 1.35 bits per heavy atom. The number of rotatable bonds is 5. The summed E-state index contributed by atoms with van der Waals surface area (Å²) < 4.78 is 0. The van der Waals surface area contributed by atoms with Gasteiger partial charge in [-0.15, -0.1) is 0 Å². The van der Waals surface area contributed by atoms with E-state index in [4.69, 9.17) is 0 Å². The molecule has 6 heteroatoms. The molecule has 1 heterocycles. The lowest BCUT2D eigenvalue weighted by molar-refractivity contribution is -0.147. The summed E-state index contributed by atoms with van der Waals surface area (Å²) in [6, 6.07) is 0.135. The van der Waals surface area contributed by atoms with Crippen LogP contribution in [-0.2, 0) is 4.79 Å². The summed E-state index contributed by atoms with van der Waals surface area (Å²) in [6.07, 6.45) is 2.26. The molecule has 2 amide bonds. The van der Waals surface area contributed by atoms with Gasteiger partial charge in [0, 0.05) is 26.7 Å². The molecule has 0 saturated carbocycles. The van der Waals surface area contributed by atoms with E-state index in [9.17, 15) is 14.7 Å². The normalized spacial score (nSPS) is 19.9. The number of nitrogens with zero attached hydrogens (tertiary/aromatic N) is 3. The number of aliphatic carboxylic acids is 1. The largest absolute Gasteiger partial charge is 0.480 e. The van der Waals surface area contributed by atoms with Crippen molar-refractivity contribution >= 4 is 12.0 Å². The molecule has 1 N–H and O–H groups in total. The summed E-state index contributed by atoms with van der Waals surface area (Å²) in [5.74, 6) is -1.00. The number of hydrogen-bond donors (Lipinski definition) is 1. The highest BCUT2D eigenvalue weighted by molar-refractivity contribution is 5.85. The number of likely N-dealkylation sites (tertiary alicyclic amines) is 1. The maximum Gasteiger partial charge on any atom is 0.329 e. The predicted octanol–water partition coefficient (Wildman–Crippen LogP) is 1.32. The molecule has 0 aromatic rings. The Kier molecular flexibility index (Phi) is 5.39. The second-order valence-corrected chi connectivity index (χ2v) is 6.01. The highest BCUT2D eigenvalue weighted by atomic mass is 16.4. The van der Waals surface area contributed by atoms with Crippen LogP contribution in [0.25, 0.3) is 0 Å². The quantitative estimate of drug-likeness (QED) is 0.827. The van der Waals surface area contributed by atoms with Crippen molar-refractivity contribution in [2.75, 3.05) is 33.7 Å². The lowest BCUT2D eigenvalue weighted by atomic mass is 10.0. The van der Waals surface area contributed by atoms with Gasteiger partial charge in [0.2, 0.25) is 0 Å². The first-order valence-electron chi connectivity index (χ1n) is 7.18. The molecule has 6 nitrogen and oxygen atoms in total. The Bertz CT molecular complexity index is 371. The van der Waals surface area contributed by atoms with Gasteiger partial charge in [0.15, 0.2) is 0 Å². The molecule has 0 spiro atoms. The summed E-state index contributed by atoms with van der Waals surface area (Å²) in [4.78, 5) is 28.8. The molecule has 0 aromatic carbocycles. The molecule has 0 aromatic heterocycles. The summed E-state index contributed by atoms with van der Waals surface area (Å²) in [5.41, 5.74) is -1.20. The predicted molar refractivity (Wildman–Crippen MR) is 77.8 cm³/mol. The third kappa shape index (κ3) is 3.42. The number of carbonyl (C=O) groups is 2. The summed E-state index contributed by atoms with van der Waals surface area (Å²) in [6.45, 7) is 7.92. The molecule has 1 atom stereocenters. The maximum absolute atomic E-state index is 12.3. The van der Waals surface area contributed by atoms with Crippen LogP contribution in [-0.4, -0.2) is 77.1 Å². The van der Waals surface area contributed by atoms with Gasteiger partial charge in [0.1, 0.15) is 5.54 Å². The minimum atomic E-state index is -1.20. The number of urea groups is 1. The fourth-order valence-electron chi connectivity index (χ4n) is 2.55. The Morgan fingerprint density at radius 3 is 2.45 bits per heavy atom. The summed E-state index contributed by atoms with van der Waals surface area (Å²) in [7, 11) is 3.28. The molecule has 1 unspecified atom stereocenters. The van der Waals surface area contributed by atoms with E-state index < -0.39 is 11.5 Å². The number of carboxylic acids is 1. The Morgan fingerprint density at radius 2 is 1.95 bits per heavy atom. The van der Waals surface area contributed by atoms with Crippen molar-refractivity contribution < 1.29 is 14.7 Å². The number of carboxylic acid groups (broad SMARTS) is 1. The van der Waals surface area contributed by atoms with E-state index in [2.05, 4.69) is 11.8 Å². The first-order chi connectivity index (χ1) is 9.21. The van der Waals surface area contributed by atoms with Crippen LogP contribution >= 0.6 is 0 Å². The third-order valence-electron chi connectivity index (χ3n) is 4.37. The van der Waals surface area contributed by atoms with E-state index in [-0.39, 0.29) is 6.03 Å². The van der Waals surface area contributed by atoms with E-state index in [1.807, 2.05) is 0 Å². The minimum Gasteiger partial charge on any atom is -0.480 e. The molecular weight excluding hydrogens is 258 g/mol. The molecule has 1 fully saturated rings. The van der Waals surface area contributed by atoms with Crippen molar-refractivity contribution in [2.24, 2.45) is 0 Å². The van der Waals surface area contributed by atoms with Crippen molar-refractivity contribution in [2.45, 2.75) is 45.2 Å². The van der Waals surface area contributed by atoms with E-state index in [1.54, 1.807) is 19.0 Å². The summed E-state index contributed by atoms with van der Waals surface area (Å²) >= 11 is 0. The average Bonchev–Trinajstić information content (AvgIpc) is 2.83. The van der Waals surface area contributed by atoms with E-state index in [0.29, 0.717) is 12.6 Å². The lowest BCUT2D eigenvalue weighted by Crippen LogP contribution is -2.55. The lowest BCUT2D eigenvalue weighted by Gasteiger charge is -2.36. The van der Waals surface area contributed by atoms with Crippen LogP contribution in [0, 0.1) is 0 Å². The van der Waals surface area contributed by atoms with Crippen molar-refractivity contribution in [1.29, 1.82) is 0 Å². The molecule has 1 aliphatic heterocycles. The van der Waals surface area contributed by atoms with Gasteiger partial charge in [-0.2, -0.15) is 0 Å². The van der Waals surface area contributed by atoms with Gasteiger partial charge in [-0.1, -0.05) is 6.92 Å². The molecule has 20 heavy (non-hydrogen) atoms. The van der Waals surface area contributed by atoms with Crippen LogP contribution in [0.2, 0.25) is 0 Å². The average molecular weight is 285 g/mol. The molecular formula is C14H27N3O3. The monoisotopic (exact) mass is 285 g/mol. The van der Waals surface area contributed by atoms with Crippen molar-refractivity contribution in [3.8, 4) is 0 Å². The molecule has 0 radical (unpaired) electrons. The molecule has 0 bridgehead atoms. The molecule has 116 valence electrons. The van der Waals surface area contributed by atoms with Gasteiger partial charge in [0.25, 0.3) is 0 Å². The number of hydrogen-bond acceptors (Lipinski definition) is 3. The maximum atomic E-state index is 12.3. The van der Waals surface area contributed by atoms with Crippen molar-refractivity contribution in [3.63, 3.8) is 0 Å². The number of likely N-dealkylation sites (N-methyl/N-ethyl adjacent to an activating group) is 3. The Labute approximate surface area is 121 Å². The van der Waals surface area contributed by atoms with Crippen LogP contribution in [0.4, 0.5) is 4.79 Å². The molecule has 1 rings (SSSR count). The first-order valence-corrected chi connectivity index (χ1v) is 7.18. The summed E-state index contributed by atoms with van der Waals surface area (Å²) in [5, 5.41) is 9.19. The van der Waals surface area contributed by atoms with Gasteiger partial charge < -0.3 is 14.9 Å². The van der Waals surface area contributed by atoms with Gasteiger partial charge >= 0.3 is 12.0 Å². The van der Waals surface area contributed by atoms with Crippen LogP contribution in [0.5, 0.6) is 0 Å². The molecule has 1 aliphatic rings. The van der Waals surface area contributed by atoms with Crippen LogP contribution < -0.4 is 0 Å². The fraction of sp³-hybridized carbons (Fsp3) is 0.857. The zero-order valence-electron chi connectivity index (χ0n) is 13.2. The molecule has 1 saturated heterocycles. The van der Waals surface area contributed by atoms with Crippen LogP contribution in [0.3, 0.4) is 0 Å². The van der Waals surface area contributed by atoms with Crippen molar-refractivity contribution in [1.82, 2.24) is 14.7 Å². The third-order valence-corrected chi connectivity index (χ3v) is 4.37. The van der Waals surface area contributed by atoms with E-state index in [0.717, 1.165) is 25.9 Å². The van der Waals surface area contributed by atoms with Gasteiger partial charge in [-0.3, -0.25) is 4.90 Å². The number of carbonyl (C=O) groups excluding carboxylic acids is 1. The van der Waals surface area contributed by atoms with Gasteiger partial charge in [-0.05, 0) is 39.8 Å². The first kappa shape index (κ1) is 16.8. The Balaban J connectivity index is 2.65. The van der Waals surface area contributed by atoms with Gasteiger partial charge in [-0.25, -0.2) is 9.59 Å². The standard InChI is InChI=1S/C14H27N3O3/c1-6-17-9-7-8-11(17)10-15(4)13(20)16(5)14(2,3)12(18)19/h11H,6-10H2,1-5H3,(H,18,19). The second kappa shape index (κ2) is 6.43. The SMILES string of the molecule is CCN1CCCC1CN(C)C(=O)N(C)C(C)(C)C(=O)O. The van der Waals surface area contributed by atoms with Gasteiger partial charge in [0.05, 0.1) is 0 Å². The van der Waals surface area contributed by atoms with Crippen molar-refractivity contribution in [3.05, 3.63) is 0 Å². The highest BCUT2D eigenvalue weighted by Gasteiger charge is 2.37. The topological polar surface area (TPSA) is 64.1 Å². The van der Waals surface area contributed by atoms with E-state index in [1.165, 1.54) is 18.7 Å². The second-order valence-electron chi connectivity index (χ2n) is 6.01. The molecule has 0 aliphatic carbocycles. The fourth-order valence-corrected chi connectivity index (χ4v) is 2.55. The zero-order valence-corrected chi connectivity index (χ0v) is 13.2. The van der Waals surface area contributed by atoms with Crippen LogP contribution in [0.15, 0.2) is 0 Å². The Hall–Kier alpha value is -1.30. The minimum absolute atomic E-state index is 0.250. The van der Waals surface area contributed by atoms with E-state index >= 15 is 0 Å².